The molecule has 0 bridgehead atoms. The monoisotopic (exact) mass is 457 g/mol. The van der Waals surface area contributed by atoms with Crippen molar-refractivity contribution in [2.45, 2.75) is 13.0 Å². The molecule has 3 aromatic rings. The van der Waals surface area contributed by atoms with Gasteiger partial charge in [0.25, 0.3) is 11.7 Å². The molecule has 6 nitrogen and oxygen atoms in total. The van der Waals surface area contributed by atoms with Crippen LogP contribution in [-0.2, 0) is 9.59 Å². The van der Waals surface area contributed by atoms with E-state index in [1.165, 1.54) is 29.4 Å². The summed E-state index contributed by atoms with van der Waals surface area (Å²) >= 11 is 12.0. The molecule has 8 heteroatoms. The fraction of sp³-hybridized carbons (Fsp3) is 0.130. The maximum Gasteiger partial charge on any atom is 0.300 e. The van der Waals surface area contributed by atoms with E-state index in [9.17, 15) is 14.7 Å². The lowest BCUT2D eigenvalue weighted by molar-refractivity contribution is -0.132. The van der Waals surface area contributed by atoms with E-state index in [1.807, 2.05) is 6.92 Å². The predicted octanol–water partition coefficient (Wildman–Crippen LogP) is 5.61. The van der Waals surface area contributed by atoms with Crippen LogP contribution in [-0.4, -0.2) is 23.4 Å². The van der Waals surface area contributed by atoms with E-state index >= 15 is 0 Å². The van der Waals surface area contributed by atoms with Crippen LogP contribution >= 0.6 is 23.2 Å². The van der Waals surface area contributed by atoms with Gasteiger partial charge in [-0.2, -0.15) is 0 Å². The maximum absolute atomic E-state index is 13.0. The first-order valence-electron chi connectivity index (χ1n) is 9.45. The fourth-order valence-electron chi connectivity index (χ4n) is 3.48. The van der Waals surface area contributed by atoms with Crippen LogP contribution in [0, 0.1) is 0 Å². The molecule has 0 saturated carbocycles. The zero-order chi connectivity index (χ0) is 22.1. The standard InChI is InChI=1S/C23H17Cl2NO5/c1-2-30-15-8-6-14(7-9-15)26-20(18-4-3-11-31-18)19(22(28)23(26)29)21(27)13-5-10-16(24)17(25)12-13/h3-12,20,27H,2H2,1H3/b21-19-. The van der Waals surface area contributed by atoms with Crippen molar-refractivity contribution in [1.82, 2.24) is 0 Å². The quantitative estimate of drug-likeness (QED) is 0.305. The summed E-state index contributed by atoms with van der Waals surface area (Å²) < 4.78 is 11.0. The van der Waals surface area contributed by atoms with Crippen LogP contribution in [0.4, 0.5) is 5.69 Å². The third kappa shape index (κ3) is 3.80. The second-order valence-corrected chi connectivity index (χ2v) is 7.55. The number of hydrogen-bond donors (Lipinski definition) is 1. The van der Waals surface area contributed by atoms with Crippen LogP contribution in [0.15, 0.2) is 70.9 Å². The van der Waals surface area contributed by atoms with Gasteiger partial charge in [0, 0.05) is 11.3 Å². The number of furan rings is 1. The van der Waals surface area contributed by atoms with Gasteiger partial charge in [0.15, 0.2) is 0 Å². The summed E-state index contributed by atoms with van der Waals surface area (Å²) in [6, 6.07) is 13.5. The summed E-state index contributed by atoms with van der Waals surface area (Å²) in [5.41, 5.74) is 0.614. The number of hydrogen-bond acceptors (Lipinski definition) is 5. The zero-order valence-corrected chi connectivity index (χ0v) is 17.9. The van der Waals surface area contributed by atoms with Gasteiger partial charge in [-0.1, -0.05) is 23.2 Å². The Morgan fingerprint density at radius 1 is 1.10 bits per heavy atom. The van der Waals surface area contributed by atoms with Crippen molar-refractivity contribution in [3.05, 3.63) is 87.8 Å². The number of halogens is 2. The molecule has 1 saturated heterocycles. The molecule has 1 fully saturated rings. The van der Waals surface area contributed by atoms with Crippen molar-refractivity contribution < 1.29 is 23.8 Å². The van der Waals surface area contributed by atoms with Crippen molar-refractivity contribution >= 4 is 46.3 Å². The molecule has 2 heterocycles. The molecule has 0 aliphatic carbocycles. The summed E-state index contributed by atoms with van der Waals surface area (Å²) in [6.45, 7) is 2.37. The van der Waals surface area contributed by atoms with Crippen LogP contribution in [0.25, 0.3) is 5.76 Å². The lowest BCUT2D eigenvalue weighted by Gasteiger charge is -2.23. The Balaban J connectivity index is 1.86. The maximum atomic E-state index is 13.0. The normalized spacial score (nSPS) is 17.9. The van der Waals surface area contributed by atoms with Crippen LogP contribution in [0.5, 0.6) is 5.75 Å². The fourth-order valence-corrected chi connectivity index (χ4v) is 3.78. The summed E-state index contributed by atoms with van der Waals surface area (Å²) in [5, 5.41) is 11.5. The first-order valence-corrected chi connectivity index (χ1v) is 10.2. The molecule has 0 radical (unpaired) electrons. The molecule has 1 unspecified atom stereocenters. The minimum absolute atomic E-state index is 0.104. The number of carbonyl (C=O) groups excluding carboxylic acids is 2. The van der Waals surface area contributed by atoms with Gasteiger partial charge in [0.1, 0.15) is 23.3 Å². The SMILES string of the molecule is CCOc1ccc(N2C(=O)C(=O)/C(=C(\O)c3ccc(Cl)c(Cl)c3)C2c2ccco2)cc1. The summed E-state index contributed by atoms with van der Waals surface area (Å²) in [6.07, 6.45) is 1.44. The Kier molecular flexibility index (Phi) is 5.76. The Morgan fingerprint density at radius 2 is 1.84 bits per heavy atom. The number of aliphatic hydroxyl groups excluding tert-OH is 1. The molecule has 31 heavy (non-hydrogen) atoms. The Hall–Kier alpha value is -3.22. The Labute approximate surface area is 188 Å². The number of aliphatic hydroxyl groups is 1. The van der Waals surface area contributed by atoms with E-state index < -0.39 is 17.7 Å². The molecule has 1 amide bonds. The number of nitrogens with zero attached hydrogens (tertiary/aromatic N) is 1. The topological polar surface area (TPSA) is 80.0 Å². The molecular formula is C23H17Cl2NO5. The largest absolute Gasteiger partial charge is 0.507 e. The average Bonchev–Trinajstić information content (AvgIpc) is 3.38. The second kappa shape index (κ2) is 8.49. The van der Waals surface area contributed by atoms with Crippen LogP contribution in [0.2, 0.25) is 10.0 Å². The van der Waals surface area contributed by atoms with Crippen molar-refractivity contribution in [3.8, 4) is 5.75 Å². The van der Waals surface area contributed by atoms with Gasteiger partial charge in [-0.15, -0.1) is 0 Å². The van der Waals surface area contributed by atoms with E-state index in [0.29, 0.717) is 28.8 Å². The van der Waals surface area contributed by atoms with E-state index in [-0.39, 0.29) is 21.9 Å². The Morgan fingerprint density at radius 3 is 2.45 bits per heavy atom. The number of benzene rings is 2. The van der Waals surface area contributed by atoms with Crippen LogP contribution in [0.3, 0.4) is 0 Å². The lowest BCUT2D eigenvalue weighted by atomic mass is 9.99. The van der Waals surface area contributed by atoms with Crippen molar-refractivity contribution in [1.29, 1.82) is 0 Å². The highest BCUT2D eigenvalue weighted by Crippen LogP contribution is 2.43. The van der Waals surface area contributed by atoms with Gasteiger partial charge in [-0.25, -0.2) is 0 Å². The number of anilines is 1. The highest BCUT2D eigenvalue weighted by atomic mass is 35.5. The molecule has 0 spiro atoms. The van der Waals surface area contributed by atoms with E-state index in [1.54, 1.807) is 36.4 Å². The molecule has 2 aromatic carbocycles. The molecule has 1 aromatic heterocycles. The summed E-state index contributed by atoms with van der Waals surface area (Å²) in [5.74, 6) is -1.03. The predicted molar refractivity (Wildman–Crippen MR) is 118 cm³/mol. The van der Waals surface area contributed by atoms with Crippen molar-refractivity contribution in [3.63, 3.8) is 0 Å². The smallest absolute Gasteiger partial charge is 0.300 e. The molecule has 1 atom stereocenters. The van der Waals surface area contributed by atoms with Crippen molar-refractivity contribution in [2.24, 2.45) is 0 Å². The number of ether oxygens (including phenoxy) is 1. The summed E-state index contributed by atoms with van der Waals surface area (Å²) in [7, 11) is 0. The van der Waals surface area contributed by atoms with Gasteiger partial charge in [-0.3, -0.25) is 14.5 Å². The number of Topliss-reactive ketones (excluding diaryl/α,β-unsaturated/α-hetero) is 1. The van der Waals surface area contributed by atoms with E-state index in [4.69, 9.17) is 32.4 Å². The first-order chi connectivity index (χ1) is 14.9. The molecule has 1 N–H and O–H groups in total. The highest BCUT2D eigenvalue weighted by Gasteiger charge is 2.48. The molecule has 1 aliphatic rings. The summed E-state index contributed by atoms with van der Waals surface area (Å²) in [4.78, 5) is 27.3. The minimum Gasteiger partial charge on any atom is -0.507 e. The molecule has 1 aliphatic heterocycles. The average molecular weight is 458 g/mol. The number of rotatable bonds is 5. The third-order valence-corrected chi connectivity index (χ3v) is 5.62. The van der Waals surface area contributed by atoms with Gasteiger partial charge < -0.3 is 14.3 Å². The van der Waals surface area contributed by atoms with E-state index in [2.05, 4.69) is 0 Å². The van der Waals surface area contributed by atoms with Crippen molar-refractivity contribution in [2.75, 3.05) is 11.5 Å². The number of carbonyl (C=O) groups is 2. The second-order valence-electron chi connectivity index (χ2n) is 6.74. The van der Waals surface area contributed by atoms with E-state index in [0.717, 1.165) is 0 Å². The minimum atomic E-state index is -0.956. The molecular weight excluding hydrogens is 441 g/mol. The third-order valence-electron chi connectivity index (χ3n) is 4.88. The molecule has 4 rings (SSSR count). The number of ketones is 1. The van der Waals surface area contributed by atoms with Gasteiger partial charge in [-0.05, 0) is 61.5 Å². The lowest BCUT2D eigenvalue weighted by Crippen LogP contribution is -2.29. The Bertz CT molecular complexity index is 1170. The first kappa shape index (κ1) is 21.0. The van der Waals surface area contributed by atoms with Gasteiger partial charge >= 0.3 is 0 Å². The highest BCUT2D eigenvalue weighted by molar-refractivity contribution is 6.51. The van der Waals surface area contributed by atoms with Crippen LogP contribution < -0.4 is 9.64 Å². The van der Waals surface area contributed by atoms with Gasteiger partial charge in [0.05, 0.1) is 28.5 Å². The zero-order valence-electron chi connectivity index (χ0n) is 16.3. The van der Waals surface area contributed by atoms with Crippen LogP contribution in [0.1, 0.15) is 24.3 Å². The number of amides is 1. The molecule has 158 valence electrons. The van der Waals surface area contributed by atoms with Gasteiger partial charge in [0.2, 0.25) is 0 Å².